The molecule has 3 N–H and O–H groups in total. The third-order valence-electron chi connectivity index (χ3n) is 2.98. The predicted molar refractivity (Wildman–Crippen MR) is 90.4 cm³/mol. The minimum Gasteiger partial charge on any atom is -0.366 e. The van der Waals surface area contributed by atoms with E-state index in [1.54, 1.807) is 24.3 Å². The molecule has 2 rings (SSSR count). The second kappa shape index (κ2) is 7.73. The number of amides is 2. The van der Waals surface area contributed by atoms with E-state index in [1.807, 2.05) is 19.9 Å². The van der Waals surface area contributed by atoms with Gasteiger partial charge in [-0.3, -0.25) is 9.59 Å². The van der Waals surface area contributed by atoms with Gasteiger partial charge in [0, 0.05) is 34.8 Å². The Morgan fingerprint density at radius 3 is 2.30 bits per heavy atom. The molecule has 0 saturated heterocycles. The fourth-order valence-electron chi connectivity index (χ4n) is 1.93. The van der Waals surface area contributed by atoms with Crippen LogP contribution in [0.1, 0.15) is 28.2 Å². The number of carbonyl (C=O) groups excluding carboxylic acids is 2. The summed E-state index contributed by atoms with van der Waals surface area (Å²) in [5.41, 5.74) is 8.04. The van der Waals surface area contributed by atoms with E-state index in [0.29, 0.717) is 28.6 Å². The summed E-state index contributed by atoms with van der Waals surface area (Å²) in [5.74, 6) is -0.00454. The Hall–Kier alpha value is -2.41. The Morgan fingerprint density at radius 1 is 1.13 bits per heavy atom. The lowest BCUT2D eigenvalue weighted by molar-refractivity contribution is -0.115. The van der Waals surface area contributed by atoms with Crippen LogP contribution in [0.5, 0.6) is 0 Å². The van der Waals surface area contributed by atoms with Gasteiger partial charge in [-0.25, -0.2) is 9.97 Å². The van der Waals surface area contributed by atoms with Gasteiger partial charge in [0.05, 0.1) is 0 Å². The molecule has 6 nitrogen and oxygen atoms in total. The highest BCUT2D eigenvalue weighted by molar-refractivity contribution is 7.99. The van der Waals surface area contributed by atoms with Crippen molar-refractivity contribution >= 4 is 29.3 Å². The molecular weight excluding hydrogens is 312 g/mol. The van der Waals surface area contributed by atoms with E-state index in [9.17, 15) is 9.59 Å². The van der Waals surface area contributed by atoms with E-state index >= 15 is 0 Å². The first-order valence-corrected chi connectivity index (χ1v) is 8.07. The zero-order valence-corrected chi connectivity index (χ0v) is 13.8. The molecule has 7 heteroatoms. The quantitative estimate of drug-likeness (QED) is 0.625. The van der Waals surface area contributed by atoms with Crippen LogP contribution in [0.25, 0.3) is 0 Å². The summed E-state index contributed by atoms with van der Waals surface area (Å²) >= 11 is 1.45. The Morgan fingerprint density at radius 2 is 1.74 bits per heavy atom. The van der Waals surface area contributed by atoms with Gasteiger partial charge in [0.15, 0.2) is 5.16 Å². The standard InChI is InChI=1S/C16H18N4O2S/c1-10-9-11(2)19-16(18-10)23-8-7-14(21)20-13-5-3-12(4-6-13)15(17)22/h3-6,9H,7-8H2,1-2H3,(H2,17,22)(H,20,21). The monoisotopic (exact) mass is 330 g/mol. The van der Waals surface area contributed by atoms with Crippen LogP contribution in [-0.2, 0) is 4.79 Å². The van der Waals surface area contributed by atoms with Crippen LogP contribution in [0.2, 0.25) is 0 Å². The lowest BCUT2D eigenvalue weighted by atomic mass is 10.2. The number of aryl methyl sites for hydroxylation is 2. The highest BCUT2D eigenvalue weighted by Crippen LogP contribution is 2.16. The van der Waals surface area contributed by atoms with E-state index in [-0.39, 0.29) is 5.91 Å². The molecule has 0 aliphatic rings. The van der Waals surface area contributed by atoms with Crippen molar-refractivity contribution < 1.29 is 9.59 Å². The normalized spacial score (nSPS) is 10.3. The lowest BCUT2D eigenvalue weighted by Crippen LogP contribution is -2.13. The van der Waals surface area contributed by atoms with Crippen LogP contribution < -0.4 is 11.1 Å². The predicted octanol–water partition coefficient (Wildman–Crippen LogP) is 2.31. The topological polar surface area (TPSA) is 98.0 Å². The SMILES string of the molecule is Cc1cc(C)nc(SCCC(=O)Nc2ccc(C(N)=O)cc2)n1. The molecule has 0 radical (unpaired) electrons. The first-order valence-electron chi connectivity index (χ1n) is 7.09. The number of thioether (sulfide) groups is 1. The maximum absolute atomic E-state index is 11.9. The van der Waals surface area contributed by atoms with E-state index in [0.717, 1.165) is 11.4 Å². The number of carbonyl (C=O) groups is 2. The fourth-order valence-corrected chi connectivity index (χ4v) is 2.82. The van der Waals surface area contributed by atoms with Crippen LogP contribution in [0.3, 0.4) is 0 Å². The first kappa shape index (κ1) is 17.0. The summed E-state index contributed by atoms with van der Waals surface area (Å²) in [5, 5.41) is 3.45. The average molecular weight is 330 g/mol. The van der Waals surface area contributed by atoms with Crippen LogP contribution in [0.15, 0.2) is 35.5 Å². The van der Waals surface area contributed by atoms with Gasteiger partial charge in [-0.1, -0.05) is 11.8 Å². The summed E-state index contributed by atoms with van der Waals surface area (Å²) < 4.78 is 0. The van der Waals surface area contributed by atoms with E-state index in [1.165, 1.54) is 11.8 Å². The maximum Gasteiger partial charge on any atom is 0.248 e. The van der Waals surface area contributed by atoms with Gasteiger partial charge < -0.3 is 11.1 Å². The highest BCUT2D eigenvalue weighted by atomic mass is 32.2. The van der Waals surface area contributed by atoms with Crippen LogP contribution in [0.4, 0.5) is 5.69 Å². The van der Waals surface area contributed by atoms with Gasteiger partial charge in [0.2, 0.25) is 11.8 Å². The fraction of sp³-hybridized carbons (Fsp3) is 0.250. The number of benzene rings is 1. The van der Waals surface area contributed by atoms with Crippen LogP contribution >= 0.6 is 11.8 Å². The van der Waals surface area contributed by atoms with Crippen molar-refractivity contribution in [2.24, 2.45) is 5.73 Å². The summed E-state index contributed by atoms with van der Waals surface area (Å²) in [4.78, 5) is 31.5. The minimum atomic E-state index is -0.493. The number of nitrogens with two attached hydrogens (primary N) is 1. The van der Waals surface area contributed by atoms with E-state index in [2.05, 4.69) is 15.3 Å². The van der Waals surface area contributed by atoms with E-state index < -0.39 is 5.91 Å². The molecule has 0 unspecified atom stereocenters. The Labute approximate surface area is 138 Å². The third-order valence-corrected chi connectivity index (χ3v) is 3.82. The van der Waals surface area contributed by atoms with Gasteiger partial charge in [-0.15, -0.1) is 0 Å². The Balaban J connectivity index is 1.81. The number of anilines is 1. The first-order chi connectivity index (χ1) is 10.9. The van der Waals surface area contributed by atoms with Crippen molar-refractivity contribution in [2.45, 2.75) is 25.4 Å². The highest BCUT2D eigenvalue weighted by Gasteiger charge is 2.06. The molecule has 23 heavy (non-hydrogen) atoms. The molecule has 0 aliphatic heterocycles. The molecule has 0 bridgehead atoms. The minimum absolute atomic E-state index is 0.103. The van der Waals surface area contributed by atoms with Crippen molar-refractivity contribution in [1.82, 2.24) is 9.97 Å². The van der Waals surface area contributed by atoms with Crippen LogP contribution in [-0.4, -0.2) is 27.5 Å². The number of aromatic nitrogens is 2. The average Bonchev–Trinajstić information content (AvgIpc) is 2.46. The summed E-state index contributed by atoms with van der Waals surface area (Å²) in [6.07, 6.45) is 0.346. The smallest absolute Gasteiger partial charge is 0.248 e. The van der Waals surface area contributed by atoms with Crippen molar-refractivity contribution in [2.75, 3.05) is 11.1 Å². The van der Waals surface area contributed by atoms with Crippen molar-refractivity contribution in [3.8, 4) is 0 Å². The number of rotatable bonds is 6. The molecule has 120 valence electrons. The molecule has 1 aromatic carbocycles. The second-order valence-corrected chi connectivity index (χ2v) is 6.08. The number of hydrogen-bond donors (Lipinski definition) is 2. The van der Waals surface area contributed by atoms with E-state index in [4.69, 9.17) is 5.73 Å². The summed E-state index contributed by atoms with van der Waals surface area (Å²) in [6, 6.07) is 8.37. The van der Waals surface area contributed by atoms with Gasteiger partial charge in [-0.05, 0) is 44.2 Å². The zero-order valence-electron chi connectivity index (χ0n) is 13.0. The number of nitrogens with zero attached hydrogens (tertiary/aromatic N) is 2. The summed E-state index contributed by atoms with van der Waals surface area (Å²) in [6.45, 7) is 3.84. The number of hydrogen-bond acceptors (Lipinski definition) is 5. The van der Waals surface area contributed by atoms with Gasteiger partial charge in [-0.2, -0.15) is 0 Å². The maximum atomic E-state index is 11.9. The van der Waals surface area contributed by atoms with Crippen LogP contribution in [0, 0.1) is 13.8 Å². The Kier molecular flexibility index (Phi) is 5.70. The van der Waals surface area contributed by atoms with Gasteiger partial charge >= 0.3 is 0 Å². The van der Waals surface area contributed by atoms with Gasteiger partial charge in [0.1, 0.15) is 0 Å². The number of primary amides is 1. The Bertz CT molecular complexity index is 696. The largest absolute Gasteiger partial charge is 0.366 e. The molecule has 0 saturated carbocycles. The second-order valence-electron chi connectivity index (χ2n) is 5.02. The van der Waals surface area contributed by atoms with Gasteiger partial charge in [0.25, 0.3) is 0 Å². The third kappa shape index (κ3) is 5.37. The lowest BCUT2D eigenvalue weighted by Gasteiger charge is -2.06. The molecule has 0 fully saturated rings. The molecule has 0 spiro atoms. The molecule has 1 heterocycles. The van der Waals surface area contributed by atoms with Crippen molar-refractivity contribution in [1.29, 1.82) is 0 Å². The molecule has 2 aromatic rings. The molecule has 0 aliphatic carbocycles. The number of nitrogens with one attached hydrogen (secondary N) is 1. The molecule has 2 amide bonds. The molecule has 0 atom stereocenters. The summed E-state index contributed by atoms with van der Waals surface area (Å²) in [7, 11) is 0. The zero-order chi connectivity index (χ0) is 16.8. The molecular formula is C16H18N4O2S. The molecule has 1 aromatic heterocycles. The van der Waals surface area contributed by atoms with Crippen molar-refractivity contribution in [3.05, 3.63) is 47.3 Å². The van der Waals surface area contributed by atoms with Crippen molar-refractivity contribution in [3.63, 3.8) is 0 Å².